The van der Waals surface area contributed by atoms with Crippen molar-refractivity contribution in [2.45, 2.75) is 45.3 Å². The second-order valence-electron chi connectivity index (χ2n) is 5.30. The highest BCUT2D eigenvalue weighted by atomic mass is 19.1. The third-order valence-corrected chi connectivity index (χ3v) is 3.85. The first-order chi connectivity index (χ1) is 9.74. The topological polar surface area (TPSA) is 42.7 Å². The molecule has 0 radical (unpaired) electrons. The van der Waals surface area contributed by atoms with Gasteiger partial charge < -0.3 is 9.88 Å². The molecule has 1 atom stereocenters. The molecule has 106 valence electrons. The van der Waals surface area contributed by atoms with E-state index in [4.69, 9.17) is 0 Å². The molecular weight excluding hydrogens is 255 g/mol. The number of nitrogens with one attached hydrogen (secondary N) is 1. The second kappa shape index (κ2) is 5.71. The quantitative estimate of drug-likeness (QED) is 0.932. The van der Waals surface area contributed by atoms with Gasteiger partial charge in [0.2, 0.25) is 0 Å². The Labute approximate surface area is 118 Å². The molecule has 0 fully saturated rings. The first-order valence-electron chi connectivity index (χ1n) is 7.14. The van der Waals surface area contributed by atoms with Gasteiger partial charge in [-0.25, -0.2) is 4.39 Å². The van der Waals surface area contributed by atoms with Gasteiger partial charge in [0, 0.05) is 19.0 Å². The third-order valence-electron chi connectivity index (χ3n) is 3.85. The number of fused-ring (bicyclic) bond motifs is 1. The van der Waals surface area contributed by atoms with Crippen molar-refractivity contribution in [1.82, 2.24) is 20.1 Å². The molecule has 1 aromatic carbocycles. The molecule has 0 saturated heterocycles. The van der Waals surface area contributed by atoms with Gasteiger partial charge in [-0.05, 0) is 37.5 Å². The van der Waals surface area contributed by atoms with Gasteiger partial charge in [0.15, 0.2) is 0 Å². The predicted octanol–water partition coefficient (Wildman–Crippen LogP) is 2.60. The van der Waals surface area contributed by atoms with E-state index in [0.29, 0.717) is 6.54 Å². The first-order valence-corrected chi connectivity index (χ1v) is 7.14. The maximum Gasteiger partial charge on any atom is 0.147 e. The van der Waals surface area contributed by atoms with Crippen LogP contribution in [0.5, 0.6) is 0 Å². The van der Waals surface area contributed by atoms with Crippen molar-refractivity contribution in [3.63, 3.8) is 0 Å². The van der Waals surface area contributed by atoms with Crippen LogP contribution in [-0.4, -0.2) is 14.8 Å². The third kappa shape index (κ3) is 2.72. The molecule has 1 aliphatic heterocycles. The number of benzene rings is 1. The van der Waals surface area contributed by atoms with E-state index < -0.39 is 0 Å². The molecule has 0 amide bonds. The maximum atomic E-state index is 13.2. The first kappa shape index (κ1) is 13.2. The Morgan fingerprint density at radius 2 is 2.25 bits per heavy atom. The number of hydrogen-bond donors (Lipinski definition) is 1. The summed E-state index contributed by atoms with van der Waals surface area (Å²) < 4.78 is 15.4. The molecule has 0 saturated carbocycles. The van der Waals surface area contributed by atoms with Crippen LogP contribution in [0.3, 0.4) is 0 Å². The monoisotopic (exact) mass is 274 g/mol. The lowest BCUT2D eigenvalue weighted by molar-refractivity contribution is 0.483. The van der Waals surface area contributed by atoms with Gasteiger partial charge in [-0.1, -0.05) is 12.1 Å². The summed E-state index contributed by atoms with van der Waals surface area (Å²) in [6.45, 7) is 3.70. The van der Waals surface area contributed by atoms with E-state index in [0.717, 1.165) is 30.2 Å². The Bertz CT molecular complexity index is 593. The molecule has 1 N–H and O–H groups in total. The van der Waals surface area contributed by atoms with Gasteiger partial charge in [0.1, 0.15) is 17.5 Å². The van der Waals surface area contributed by atoms with Gasteiger partial charge in [-0.15, -0.1) is 10.2 Å². The van der Waals surface area contributed by atoms with E-state index in [1.54, 1.807) is 12.1 Å². The van der Waals surface area contributed by atoms with Crippen LogP contribution < -0.4 is 5.32 Å². The Morgan fingerprint density at radius 3 is 3.10 bits per heavy atom. The van der Waals surface area contributed by atoms with Crippen molar-refractivity contribution in [2.24, 2.45) is 0 Å². The van der Waals surface area contributed by atoms with E-state index in [1.807, 2.05) is 13.0 Å². The molecule has 5 heteroatoms. The molecule has 0 aliphatic carbocycles. The molecule has 0 spiro atoms. The van der Waals surface area contributed by atoms with E-state index in [-0.39, 0.29) is 11.9 Å². The molecule has 3 rings (SSSR count). The minimum Gasteiger partial charge on any atom is -0.314 e. The average molecular weight is 274 g/mol. The van der Waals surface area contributed by atoms with E-state index in [2.05, 4.69) is 20.1 Å². The van der Waals surface area contributed by atoms with Crippen LogP contribution in [0.15, 0.2) is 24.3 Å². The number of hydrogen-bond acceptors (Lipinski definition) is 3. The SMILES string of the molecule is C[C@H](NCc1nnc2n1CCCC2)c1cccc(F)c1. The van der Waals surface area contributed by atoms with Crippen molar-refractivity contribution >= 4 is 0 Å². The van der Waals surface area contributed by atoms with E-state index in [9.17, 15) is 4.39 Å². The predicted molar refractivity (Wildman–Crippen MR) is 74.6 cm³/mol. The molecular formula is C15H19FN4. The van der Waals surface area contributed by atoms with Crippen LogP contribution in [-0.2, 0) is 19.5 Å². The van der Waals surface area contributed by atoms with Crippen molar-refractivity contribution in [1.29, 1.82) is 0 Å². The van der Waals surface area contributed by atoms with Crippen LogP contribution >= 0.6 is 0 Å². The lowest BCUT2D eigenvalue weighted by Crippen LogP contribution is -2.22. The van der Waals surface area contributed by atoms with Crippen molar-refractivity contribution in [2.75, 3.05) is 0 Å². The summed E-state index contributed by atoms with van der Waals surface area (Å²) in [7, 11) is 0. The zero-order valence-corrected chi connectivity index (χ0v) is 11.6. The van der Waals surface area contributed by atoms with Crippen LogP contribution in [0.2, 0.25) is 0 Å². The van der Waals surface area contributed by atoms with E-state index in [1.165, 1.54) is 18.9 Å². The highest BCUT2D eigenvalue weighted by Gasteiger charge is 2.16. The fourth-order valence-corrected chi connectivity index (χ4v) is 2.64. The smallest absolute Gasteiger partial charge is 0.147 e. The highest BCUT2D eigenvalue weighted by molar-refractivity contribution is 5.19. The molecule has 4 nitrogen and oxygen atoms in total. The molecule has 0 bridgehead atoms. The highest BCUT2D eigenvalue weighted by Crippen LogP contribution is 2.16. The van der Waals surface area contributed by atoms with Crippen LogP contribution in [0.4, 0.5) is 4.39 Å². The molecule has 1 aliphatic rings. The fourth-order valence-electron chi connectivity index (χ4n) is 2.64. The fraction of sp³-hybridized carbons (Fsp3) is 0.467. The number of aromatic nitrogens is 3. The number of halogens is 1. The van der Waals surface area contributed by atoms with Gasteiger partial charge in [-0.3, -0.25) is 0 Å². The van der Waals surface area contributed by atoms with Crippen LogP contribution in [0.25, 0.3) is 0 Å². The molecule has 2 heterocycles. The average Bonchev–Trinajstić information content (AvgIpc) is 2.88. The summed E-state index contributed by atoms with van der Waals surface area (Å²) in [6, 6.07) is 6.78. The Hall–Kier alpha value is -1.75. The Morgan fingerprint density at radius 1 is 1.35 bits per heavy atom. The standard InChI is InChI=1S/C15H19FN4/c1-11(12-5-4-6-13(16)9-12)17-10-15-19-18-14-7-2-3-8-20(14)15/h4-6,9,11,17H,2-3,7-8,10H2,1H3/t11-/m0/s1. The van der Waals surface area contributed by atoms with Gasteiger partial charge in [0.25, 0.3) is 0 Å². The summed E-state index contributed by atoms with van der Waals surface area (Å²) >= 11 is 0. The largest absolute Gasteiger partial charge is 0.314 e. The lowest BCUT2D eigenvalue weighted by Gasteiger charge is -2.17. The van der Waals surface area contributed by atoms with Crippen molar-refractivity contribution in [3.05, 3.63) is 47.3 Å². The molecule has 2 aromatic rings. The normalized spacial score (nSPS) is 15.9. The van der Waals surface area contributed by atoms with Crippen LogP contribution in [0, 0.1) is 5.82 Å². The lowest BCUT2D eigenvalue weighted by atomic mass is 10.1. The zero-order valence-electron chi connectivity index (χ0n) is 11.6. The summed E-state index contributed by atoms with van der Waals surface area (Å²) in [5, 5.41) is 11.9. The summed E-state index contributed by atoms with van der Waals surface area (Å²) in [5.74, 6) is 1.87. The van der Waals surface area contributed by atoms with Crippen LogP contribution in [0.1, 0.15) is 43.0 Å². The zero-order chi connectivity index (χ0) is 13.9. The maximum absolute atomic E-state index is 13.2. The van der Waals surface area contributed by atoms with Gasteiger partial charge >= 0.3 is 0 Å². The number of rotatable bonds is 4. The molecule has 0 unspecified atom stereocenters. The minimum atomic E-state index is -0.198. The summed E-state index contributed by atoms with van der Waals surface area (Å²) in [4.78, 5) is 0. The molecule has 20 heavy (non-hydrogen) atoms. The summed E-state index contributed by atoms with van der Waals surface area (Å²) in [6.07, 6.45) is 3.41. The van der Waals surface area contributed by atoms with Crippen molar-refractivity contribution < 1.29 is 4.39 Å². The number of nitrogens with zero attached hydrogens (tertiary/aromatic N) is 3. The van der Waals surface area contributed by atoms with Gasteiger partial charge in [0.05, 0.1) is 6.54 Å². The Kier molecular flexibility index (Phi) is 3.78. The minimum absolute atomic E-state index is 0.0854. The van der Waals surface area contributed by atoms with E-state index >= 15 is 0 Å². The second-order valence-corrected chi connectivity index (χ2v) is 5.30. The van der Waals surface area contributed by atoms with Crippen molar-refractivity contribution in [3.8, 4) is 0 Å². The number of aryl methyl sites for hydroxylation is 1. The Balaban J connectivity index is 1.66. The summed E-state index contributed by atoms with van der Waals surface area (Å²) in [5.41, 5.74) is 0.948. The van der Waals surface area contributed by atoms with Gasteiger partial charge in [-0.2, -0.15) is 0 Å². The molecule has 1 aromatic heterocycles.